The third-order valence-corrected chi connectivity index (χ3v) is 6.56. The predicted octanol–water partition coefficient (Wildman–Crippen LogP) is 4.97. The van der Waals surface area contributed by atoms with Gasteiger partial charge >= 0.3 is 0 Å². The molecule has 1 fully saturated rings. The minimum atomic E-state index is -0.668. The summed E-state index contributed by atoms with van der Waals surface area (Å²) in [7, 11) is 0. The number of aromatic nitrogens is 5. The number of halogens is 2. The minimum absolute atomic E-state index is 0.0101. The van der Waals surface area contributed by atoms with Gasteiger partial charge in [0.25, 0.3) is 0 Å². The number of hydrogen-bond donors (Lipinski definition) is 3. The second kappa shape index (κ2) is 9.87. The van der Waals surface area contributed by atoms with Crippen LogP contribution in [0.1, 0.15) is 56.6 Å². The van der Waals surface area contributed by atoms with Crippen molar-refractivity contribution in [3.05, 3.63) is 59.7 Å². The molecule has 0 spiro atoms. The van der Waals surface area contributed by atoms with Crippen molar-refractivity contribution in [2.24, 2.45) is 0 Å². The molecular formula is C26H29F2N7O. The van der Waals surface area contributed by atoms with Gasteiger partial charge in [-0.05, 0) is 58.4 Å². The van der Waals surface area contributed by atoms with E-state index in [0.717, 1.165) is 32.0 Å². The first-order valence-electron chi connectivity index (χ1n) is 12.2. The summed E-state index contributed by atoms with van der Waals surface area (Å²) in [6.07, 6.45) is 5.12. The molecule has 0 saturated carbocycles. The molecule has 188 valence electrons. The Morgan fingerprint density at radius 3 is 2.61 bits per heavy atom. The largest absolute Gasteiger partial charge is 0.387 e. The highest BCUT2D eigenvalue weighted by atomic mass is 19.1. The van der Waals surface area contributed by atoms with Crippen LogP contribution in [0.15, 0.2) is 36.7 Å². The summed E-state index contributed by atoms with van der Waals surface area (Å²) >= 11 is 0. The summed E-state index contributed by atoms with van der Waals surface area (Å²) in [5.74, 6) is 0.0322. The fourth-order valence-electron chi connectivity index (χ4n) is 4.84. The summed E-state index contributed by atoms with van der Waals surface area (Å²) in [4.78, 5) is 17.0. The van der Waals surface area contributed by atoms with E-state index >= 15 is 0 Å². The van der Waals surface area contributed by atoms with Gasteiger partial charge in [-0.25, -0.2) is 28.7 Å². The Morgan fingerprint density at radius 2 is 1.92 bits per heavy atom. The number of imidazole rings is 1. The molecule has 10 heteroatoms. The number of nitrogens with one attached hydrogen (secondary N) is 2. The van der Waals surface area contributed by atoms with Gasteiger partial charge in [0.2, 0.25) is 5.95 Å². The summed E-state index contributed by atoms with van der Waals surface area (Å²) in [6.45, 7) is 6.68. The molecule has 0 radical (unpaired) electrons. The van der Waals surface area contributed by atoms with E-state index in [1.165, 1.54) is 6.07 Å². The molecule has 1 aromatic carbocycles. The lowest BCUT2D eigenvalue weighted by molar-refractivity contribution is 0.113. The molecule has 0 bridgehead atoms. The van der Waals surface area contributed by atoms with Crippen molar-refractivity contribution in [3.63, 3.8) is 0 Å². The van der Waals surface area contributed by atoms with Crippen LogP contribution in [-0.2, 0) is 0 Å². The molecule has 1 saturated heterocycles. The van der Waals surface area contributed by atoms with Crippen LogP contribution in [0.4, 0.5) is 20.5 Å². The third-order valence-electron chi connectivity index (χ3n) is 6.56. The van der Waals surface area contributed by atoms with E-state index in [9.17, 15) is 13.9 Å². The molecule has 1 aliphatic rings. The van der Waals surface area contributed by atoms with Gasteiger partial charge in [0.1, 0.15) is 22.9 Å². The average molecular weight is 494 g/mol. The number of piperidine rings is 1. The van der Waals surface area contributed by atoms with Crippen molar-refractivity contribution in [1.29, 1.82) is 0 Å². The normalized spacial score (nSPS) is 17.0. The van der Waals surface area contributed by atoms with Gasteiger partial charge in [0.15, 0.2) is 11.6 Å². The molecule has 3 N–H and O–H groups in total. The smallest absolute Gasteiger partial charge is 0.229 e. The van der Waals surface area contributed by atoms with Gasteiger partial charge in [-0.3, -0.25) is 0 Å². The van der Waals surface area contributed by atoms with E-state index in [2.05, 4.69) is 30.6 Å². The highest BCUT2D eigenvalue weighted by Gasteiger charge is 2.23. The minimum Gasteiger partial charge on any atom is -0.387 e. The quantitative estimate of drug-likeness (QED) is 0.348. The van der Waals surface area contributed by atoms with Crippen molar-refractivity contribution in [2.75, 3.05) is 11.9 Å². The number of fused-ring (bicyclic) bond motifs is 1. The summed E-state index contributed by atoms with van der Waals surface area (Å²) < 4.78 is 31.6. The Balaban J connectivity index is 1.41. The Hall–Kier alpha value is -3.50. The Morgan fingerprint density at radius 1 is 1.08 bits per heavy atom. The predicted molar refractivity (Wildman–Crippen MR) is 134 cm³/mol. The molecule has 3 aromatic heterocycles. The summed E-state index contributed by atoms with van der Waals surface area (Å²) in [5.41, 5.74) is 1.79. The number of benzene rings is 1. The van der Waals surface area contributed by atoms with Crippen LogP contribution >= 0.6 is 0 Å². The maximum atomic E-state index is 14.9. The highest BCUT2D eigenvalue weighted by molar-refractivity contribution is 5.83. The van der Waals surface area contributed by atoms with Crippen LogP contribution in [0.2, 0.25) is 0 Å². The summed E-state index contributed by atoms with van der Waals surface area (Å²) in [6, 6.07) is 6.50. The van der Waals surface area contributed by atoms with Crippen LogP contribution in [0, 0.1) is 18.6 Å². The number of rotatable bonds is 6. The fourth-order valence-corrected chi connectivity index (χ4v) is 4.84. The van der Waals surface area contributed by atoms with Crippen molar-refractivity contribution in [3.8, 4) is 11.3 Å². The zero-order valence-electron chi connectivity index (χ0n) is 20.5. The van der Waals surface area contributed by atoms with Crippen LogP contribution in [-0.4, -0.2) is 42.2 Å². The Bertz CT molecular complexity index is 1380. The fraction of sp³-hybridized carbons (Fsp3) is 0.385. The molecule has 0 amide bonds. The van der Waals surface area contributed by atoms with Gasteiger partial charge < -0.3 is 20.3 Å². The second-order valence-electron chi connectivity index (χ2n) is 9.44. The molecule has 1 aliphatic heterocycles. The molecule has 0 unspecified atom stereocenters. The number of aliphatic hydroxyl groups is 1. The van der Waals surface area contributed by atoms with Crippen LogP contribution in [0.5, 0.6) is 0 Å². The monoisotopic (exact) mass is 493 g/mol. The van der Waals surface area contributed by atoms with E-state index in [-0.39, 0.29) is 34.8 Å². The number of aliphatic hydroxyl groups excluding tert-OH is 1. The summed E-state index contributed by atoms with van der Waals surface area (Å²) in [5, 5.41) is 17.0. The van der Waals surface area contributed by atoms with Crippen molar-refractivity contribution in [1.82, 2.24) is 29.8 Å². The zero-order valence-corrected chi connectivity index (χ0v) is 20.5. The second-order valence-corrected chi connectivity index (χ2v) is 9.44. The standard InChI is InChI=1S/C26H29F2N7O/c1-14(2)35-15(3)32-24-18(27)10-17(11-21(24)35)23-19(28)13-31-26(34-23)33-22-8-7-16(12-30-22)25(36)20-6-4-5-9-29-20/h7-8,10-14,20,25,29,36H,4-6,9H2,1-3H3,(H,30,31,33,34)/t20-,25-/m0/s1. The average Bonchev–Trinajstić information content (AvgIpc) is 3.22. The molecule has 8 nitrogen and oxygen atoms in total. The van der Waals surface area contributed by atoms with Gasteiger partial charge in [0.05, 0.1) is 17.8 Å². The third kappa shape index (κ3) is 4.66. The van der Waals surface area contributed by atoms with Gasteiger partial charge in [-0.15, -0.1) is 0 Å². The maximum absolute atomic E-state index is 14.9. The number of anilines is 2. The van der Waals surface area contributed by atoms with Crippen molar-refractivity contribution >= 4 is 22.8 Å². The SMILES string of the molecule is Cc1nc2c(F)cc(-c3nc(Nc4ccc([C@H](O)[C@@H]5CCCCN5)cn4)ncc3F)cc2n1C(C)C. The molecule has 2 atom stereocenters. The van der Waals surface area contributed by atoms with E-state index in [0.29, 0.717) is 22.7 Å². The lowest BCUT2D eigenvalue weighted by Crippen LogP contribution is -2.38. The van der Waals surface area contributed by atoms with E-state index < -0.39 is 17.7 Å². The first-order valence-corrected chi connectivity index (χ1v) is 12.2. The van der Waals surface area contributed by atoms with Gasteiger partial charge in [-0.2, -0.15) is 0 Å². The number of nitrogens with zero attached hydrogens (tertiary/aromatic N) is 5. The topological polar surface area (TPSA) is 101 Å². The molecule has 5 rings (SSSR count). The molecule has 0 aliphatic carbocycles. The van der Waals surface area contributed by atoms with Crippen molar-refractivity contribution < 1.29 is 13.9 Å². The van der Waals surface area contributed by atoms with Crippen LogP contribution in [0.3, 0.4) is 0 Å². The van der Waals surface area contributed by atoms with Gasteiger partial charge in [-0.1, -0.05) is 12.5 Å². The first kappa shape index (κ1) is 24.2. The van der Waals surface area contributed by atoms with Crippen LogP contribution in [0.25, 0.3) is 22.3 Å². The lowest BCUT2D eigenvalue weighted by atomic mass is 9.96. The molecule has 4 aromatic rings. The van der Waals surface area contributed by atoms with Crippen LogP contribution < -0.4 is 10.6 Å². The van der Waals surface area contributed by atoms with Gasteiger partial charge in [0, 0.05) is 29.4 Å². The maximum Gasteiger partial charge on any atom is 0.229 e. The Kier molecular flexibility index (Phi) is 6.63. The van der Waals surface area contributed by atoms with E-state index in [4.69, 9.17) is 0 Å². The first-order chi connectivity index (χ1) is 17.3. The van der Waals surface area contributed by atoms with Crippen molar-refractivity contribution in [2.45, 2.75) is 58.2 Å². The highest BCUT2D eigenvalue weighted by Crippen LogP contribution is 2.30. The number of hydrogen-bond acceptors (Lipinski definition) is 7. The molecule has 36 heavy (non-hydrogen) atoms. The van der Waals surface area contributed by atoms with E-state index in [1.54, 1.807) is 24.4 Å². The Labute approximate surface area is 207 Å². The number of aryl methyl sites for hydroxylation is 1. The molecule has 4 heterocycles. The lowest BCUT2D eigenvalue weighted by Gasteiger charge is -2.28. The van der Waals surface area contributed by atoms with E-state index in [1.807, 2.05) is 25.3 Å². The zero-order chi connectivity index (χ0) is 25.4. The number of pyridine rings is 1. The molecular weight excluding hydrogens is 464 g/mol.